The van der Waals surface area contributed by atoms with Crippen molar-refractivity contribution in [2.75, 3.05) is 13.6 Å². The van der Waals surface area contributed by atoms with Gasteiger partial charge in [-0.05, 0) is 36.2 Å². The minimum absolute atomic E-state index is 0.0763. The molecule has 0 aliphatic carbocycles. The first-order valence-corrected chi connectivity index (χ1v) is 7.98. The average molecular weight is 329 g/mol. The van der Waals surface area contributed by atoms with Crippen LogP contribution in [0.4, 0.5) is 9.18 Å². The molecule has 1 atom stereocenters. The Labute approximate surface area is 142 Å². The summed E-state index contributed by atoms with van der Waals surface area (Å²) in [5, 5.41) is 2.96. The Morgan fingerprint density at radius 3 is 2.54 bits per heavy atom. The molecular weight excluding hydrogens is 305 g/mol. The predicted molar refractivity (Wildman–Crippen MR) is 93.2 cm³/mol. The highest BCUT2D eigenvalue weighted by molar-refractivity contribution is 5.74. The molecule has 2 amide bonds. The fraction of sp³-hybridized carbons (Fsp3) is 0.368. The first-order chi connectivity index (χ1) is 11.3. The van der Waals surface area contributed by atoms with Gasteiger partial charge in [0.25, 0.3) is 0 Å². The van der Waals surface area contributed by atoms with E-state index in [2.05, 4.69) is 10.3 Å². The van der Waals surface area contributed by atoms with Gasteiger partial charge in [0.15, 0.2) is 0 Å². The summed E-state index contributed by atoms with van der Waals surface area (Å²) in [5.41, 5.74) is 1.67. The zero-order valence-corrected chi connectivity index (χ0v) is 14.6. The number of carbonyl (C=O) groups excluding carboxylic acids is 1. The van der Waals surface area contributed by atoms with E-state index in [1.165, 1.54) is 12.1 Å². The minimum Gasteiger partial charge on any atom is -0.337 e. The first kappa shape index (κ1) is 17.9. The van der Waals surface area contributed by atoms with Crippen molar-refractivity contribution in [3.8, 4) is 0 Å². The first-order valence-electron chi connectivity index (χ1n) is 7.98. The van der Waals surface area contributed by atoms with Gasteiger partial charge in [-0.3, -0.25) is 4.98 Å². The molecule has 2 aromatic rings. The predicted octanol–water partition coefficient (Wildman–Crippen LogP) is 3.90. The number of amides is 2. The van der Waals surface area contributed by atoms with Crippen LogP contribution in [0.3, 0.4) is 0 Å². The number of benzene rings is 1. The quantitative estimate of drug-likeness (QED) is 0.904. The number of hydrogen-bond acceptors (Lipinski definition) is 2. The van der Waals surface area contributed by atoms with Crippen molar-refractivity contribution >= 4 is 6.03 Å². The van der Waals surface area contributed by atoms with E-state index in [4.69, 9.17) is 0 Å². The van der Waals surface area contributed by atoms with Gasteiger partial charge in [0.1, 0.15) is 5.82 Å². The van der Waals surface area contributed by atoms with Gasteiger partial charge in [-0.25, -0.2) is 9.18 Å². The Morgan fingerprint density at radius 1 is 1.29 bits per heavy atom. The van der Waals surface area contributed by atoms with Gasteiger partial charge in [-0.2, -0.15) is 0 Å². The highest BCUT2D eigenvalue weighted by Gasteiger charge is 2.24. The van der Waals surface area contributed by atoms with Crippen LogP contribution in [0.2, 0.25) is 0 Å². The van der Waals surface area contributed by atoms with Crippen LogP contribution in [-0.4, -0.2) is 29.5 Å². The third-order valence-corrected chi connectivity index (χ3v) is 4.38. The van der Waals surface area contributed by atoms with Gasteiger partial charge in [-0.15, -0.1) is 0 Å². The van der Waals surface area contributed by atoms with Crippen LogP contribution < -0.4 is 5.32 Å². The number of halogens is 1. The number of hydrogen-bond donors (Lipinski definition) is 1. The molecule has 0 radical (unpaired) electrons. The van der Waals surface area contributed by atoms with Crippen LogP contribution in [0, 0.1) is 5.82 Å². The standard InChI is InChI=1S/C19H24FN3O/c1-14(15-6-5-11-21-12-15)23(4)18(24)22-13-19(2,3)16-7-9-17(20)10-8-16/h5-12,14H,13H2,1-4H3,(H,22,24)/t14-/m0/s1. The topological polar surface area (TPSA) is 45.2 Å². The number of urea groups is 1. The van der Waals surface area contributed by atoms with E-state index in [-0.39, 0.29) is 23.3 Å². The van der Waals surface area contributed by atoms with Gasteiger partial charge in [0, 0.05) is 31.4 Å². The van der Waals surface area contributed by atoms with Crippen LogP contribution in [0.1, 0.15) is 37.9 Å². The number of nitrogens with zero attached hydrogens (tertiary/aromatic N) is 2. The molecular formula is C19H24FN3O. The summed E-state index contributed by atoms with van der Waals surface area (Å²) in [5.74, 6) is -0.261. The van der Waals surface area contributed by atoms with Crippen molar-refractivity contribution < 1.29 is 9.18 Å². The van der Waals surface area contributed by atoms with Crippen molar-refractivity contribution in [2.24, 2.45) is 0 Å². The lowest BCUT2D eigenvalue weighted by atomic mass is 9.84. The molecule has 1 aromatic heterocycles. The fourth-order valence-electron chi connectivity index (χ4n) is 2.45. The van der Waals surface area contributed by atoms with Crippen LogP contribution >= 0.6 is 0 Å². The molecule has 0 aliphatic rings. The number of nitrogens with one attached hydrogen (secondary N) is 1. The van der Waals surface area contributed by atoms with Crippen molar-refractivity contribution in [3.05, 3.63) is 65.7 Å². The number of aromatic nitrogens is 1. The van der Waals surface area contributed by atoms with Gasteiger partial charge in [0.05, 0.1) is 6.04 Å². The second kappa shape index (κ2) is 7.43. The molecule has 0 saturated carbocycles. The Morgan fingerprint density at radius 2 is 1.96 bits per heavy atom. The molecule has 4 nitrogen and oxygen atoms in total. The fourth-order valence-corrected chi connectivity index (χ4v) is 2.45. The van der Waals surface area contributed by atoms with Crippen LogP contribution in [0.25, 0.3) is 0 Å². The highest BCUT2D eigenvalue weighted by Crippen LogP contribution is 2.23. The molecule has 1 N–H and O–H groups in total. The third-order valence-electron chi connectivity index (χ3n) is 4.38. The van der Waals surface area contributed by atoms with E-state index in [0.717, 1.165) is 11.1 Å². The zero-order valence-electron chi connectivity index (χ0n) is 14.6. The smallest absolute Gasteiger partial charge is 0.317 e. The summed E-state index contributed by atoms with van der Waals surface area (Å²) < 4.78 is 13.1. The van der Waals surface area contributed by atoms with Gasteiger partial charge in [-0.1, -0.05) is 32.0 Å². The van der Waals surface area contributed by atoms with Gasteiger partial charge < -0.3 is 10.2 Å². The lowest BCUT2D eigenvalue weighted by Gasteiger charge is -2.29. The zero-order chi connectivity index (χ0) is 17.7. The third kappa shape index (κ3) is 4.31. The average Bonchev–Trinajstić information content (AvgIpc) is 2.59. The van der Waals surface area contributed by atoms with E-state index < -0.39 is 0 Å². The lowest BCUT2D eigenvalue weighted by molar-refractivity contribution is 0.192. The summed E-state index contributed by atoms with van der Waals surface area (Å²) in [7, 11) is 1.76. The number of pyridine rings is 1. The van der Waals surface area contributed by atoms with Gasteiger partial charge >= 0.3 is 6.03 Å². The van der Waals surface area contributed by atoms with Crippen molar-refractivity contribution in [3.63, 3.8) is 0 Å². The van der Waals surface area contributed by atoms with E-state index in [1.54, 1.807) is 36.5 Å². The Hall–Kier alpha value is -2.43. The van der Waals surface area contributed by atoms with Crippen LogP contribution in [0.5, 0.6) is 0 Å². The van der Waals surface area contributed by atoms with E-state index in [1.807, 2.05) is 32.9 Å². The Kier molecular flexibility index (Phi) is 5.54. The van der Waals surface area contributed by atoms with Crippen LogP contribution in [0.15, 0.2) is 48.8 Å². The SMILES string of the molecule is C[C@@H](c1cccnc1)N(C)C(=O)NCC(C)(C)c1ccc(F)cc1. The molecule has 1 heterocycles. The summed E-state index contributed by atoms with van der Waals surface area (Å²) in [4.78, 5) is 18.2. The van der Waals surface area contributed by atoms with E-state index >= 15 is 0 Å². The van der Waals surface area contributed by atoms with Crippen molar-refractivity contribution in [1.29, 1.82) is 0 Å². The molecule has 128 valence electrons. The monoisotopic (exact) mass is 329 g/mol. The molecule has 1 aromatic carbocycles. The Bertz CT molecular complexity index is 671. The molecule has 0 aliphatic heterocycles. The number of carbonyl (C=O) groups is 1. The van der Waals surface area contributed by atoms with Gasteiger partial charge in [0.2, 0.25) is 0 Å². The Balaban J connectivity index is 1.97. The second-order valence-corrected chi connectivity index (χ2v) is 6.62. The van der Waals surface area contributed by atoms with E-state index in [9.17, 15) is 9.18 Å². The summed E-state index contributed by atoms with van der Waals surface area (Å²) in [6, 6.07) is 9.96. The van der Waals surface area contributed by atoms with Crippen molar-refractivity contribution in [2.45, 2.75) is 32.2 Å². The van der Waals surface area contributed by atoms with E-state index in [0.29, 0.717) is 6.54 Å². The largest absolute Gasteiger partial charge is 0.337 e. The maximum absolute atomic E-state index is 13.1. The second-order valence-electron chi connectivity index (χ2n) is 6.62. The van der Waals surface area contributed by atoms with Crippen molar-refractivity contribution in [1.82, 2.24) is 15.2 Å². The maximum atomic E-state index is 13.1. The number of rotatable bonds is 5. The molecule has 0 saturated heterocycles. The molecule has 0 bridgehead atoms. The minimum atomic E-state index is -0.290. The van der Waals surface area contributed by atoms with Crippen LogP contribution in [-0.2, 0) is 5.41 Å². The maximum Gasteiger partial charge on any atom is 0.317 e. The molecule has 5 heteroatoms. The summed E-state index contributed by atoms with van der Waals surface area (Å²) >= 11 is 0. The summed E-state index contributed by atoms with van der Waals surface area (Å²) in [6.07, 6.45) is 3.47. The normalized spacial score (nSPS) is 12.5. The lowest BCUT2D eigenvalue weighted by Crippen LogP contribution is -2.44. The highest BCUT2D eigenvalue weighted by atomic mass is 19.1. The molecule has 0 unspecified atom stereocenters. The summed E-state index contributed by atoms with van der Waals surface area (Å²) in [6.45, 7) is 6.46. The molecule has 24 heavy (non-hydrogen) atoms. The molecule has 2 rings (SSSR count). The molecule has 0 spiro atoms. The molecule has 0 fully saturated rings.